The van der Waals surface area contributed by atoms with Gasteiger partial charge in [0.25, 0.3) is 5.91 Å². The summed E-state index contributed by atoms with van der Waals surface area (Å²) in [7, 11) is 3.41. The molecule has 9 heteroatoms. The Morgan fingerprint density at radius 1 is 1.31 bits per heavy atom. The topological polar surface area (TPSA) is 115 Å². The molecule has 0 spiro atoms. The number of nitriles is 1. The molecule has 1 N–H and O–H groups in total. The lowest BCUT2D eigenvalue weighted by Gasteiger charge is -2.30. The Hall–Kier alpha value is -4.29. The SMILES string of the molecule is COc1nn(C)cc1-c1ccc2cnc(CNC(=O)c3ccc4c(c3)[C@](C)(C#N)COC4)cc2n1. The van der Waals surface area contributed by atoms with E-state index in [1.165, 1.54) is 0 Å². The van der Waals surface area contributed by atoms with Gasteiger partial charge in [-0.3, -0.25) is 14.5 Å². The van der Waals surface area contributed by atoms with E-state index in [1.807, 2.05) is 44.4 Å². The third-order valence-electron chi connectivity index (χ3n) is 6.19. The monoisotopic (exact) mass is 468 g/mol. The van der Waals surface area contributed by atoms with Crippen molar-refractivity contribution < 1.29 is 14.3 Å². The number of ether oxygens (including phenoxy) is 2. The first kappa shape index (κ1) is 22.5. The highest BCUT2D eigenvalue weighted by Gasteiger charge is 2.33. The van der Waals surface area contributed by atoms with Gasteiger partial charge in [-0.25, -0.2) is 4.98 Å². The van der Waals surface area contributed by atoms with Gasteiger partial charge in [-0.2, -0.15) is 5.26 Å². The average molecular weight is 469 g/mol. The summed E-state index contributed by atoms with van der Waals surface area (Å²) in [5.74, 6) is 0.272. The van der Waals surface area contributed by atoms with Crippen molar-refractivity contribution in [3.63, 3.8) is 0 Å². The van der Waals surface area contributed by atoms with Crippen molar-refractivity contribution in [2.45, 2.75) is 25.5 Å². The maximum absolute atomic E-state index is 12.9. The number of benzene rings is 1. The quantitative estimate of drug-likeness (QED) is 0.478. The lowest BCUT2D eigenvalue weighted by Crippen LogP contribution is -2.33. The Bertz CT molecular complexity index is 1490. The largest absolute Gasteiger partial charge is 0.479 e. The predicted molar refractivity (Wildman–Crippen MR) is 129 cm³/mol. The second-order valence-corrected chi connectivity index (χ2v) is 8.78. The highest BCUT2D eigenvalue weighted by Crippen LogP contribution is 2.32. The summed E-state index contributed by atoms with van der Waals surface area (Å²) in [5, 5.41) is 17.7. The molecule has 1 aliphatic heterocycles. The zero-order valence-corrected chi connectivity index (χ0v) is 19.7. The Morgan fingerprint density at radius 2 is 2.17 bits per heavy atom. The number of amides is 1. The van der Waals surface area contributed by atoms with Gasteiger partial charge < -0.3 is 14.8 Å². The smallest absolute Gasteiger partial charge is 0.251 e. The van der Waals surface area contributed by atoms with Crippen LogP contribution in [-0.4, -0.2) is 39.4 Å². The molecule has 0 radical (unpaired) electrons. The molecule has 0 fully saturated rings. The minimum atomic E-state index is -0.774. The highest BCUT2D eigenvalue weighted by atomic mass is 16.5. The molecular formula is C26H24N6O3. The van der Waals surface area contributed by atoms with Crippen LogP contribution in [0, 0.1) is 11.3 Å². The number of pyridine rings is 2. The van der Waals surface area contributed by atoms with Crippen LogP contribution in [0.15, 0.2) is 48.8 Å². The van der Waals surface area contributed by atoms with E-state index in [-0.39, 0.29) is 12.5 Å². The lowest BCUT2D eigenvalue weighted by atomic mass is 9.79. The standard InChI is InChI=1S/C26H24N6O3/c1-26(14-27)15-35-13-18-5-4-16(8-21(18)26)24(33)29-11-19-9-23-17(10-28-19)6-7-22(30-23)20-12-32(2)31-25(20)34-3/h4-10,12H,11,13,15H2,1-3H3,(H,29,33)/t26-/m1/s1. The Labute approximate surface area is 202 Å². The first-order chi connectivity index (χ1) is 16.9. The number of hydrogen-bond donors (Lipinski definition) is 1. The van der Waals surface area contributed by atoms with Gasteiger partial charge in [0.2, 0.25) is 5.88 Å². The van der Waals surface area contributed by atoms with Gasteiger partial charge in [-0.1, -0.05) is 6.07 Å². The molecule has 0 aliphatic carbocycles. The zero-order chi connectivity index (χ0) is 24.6. The molecule has 35 heavy (non-hydrogen) atoms. The predicted octanol–water partition coefficient (Wildman–Crippen LogP) is 3.28. The first-order valence-corrected chi connectivity index (χ1v) is 11.1. The van der Waals surface area contributed by atoms with Gasteiger partial charge in [0, 0.05) is 30.4 Å². The fourth-order valence-electron chi connectivity index (χ4n) is 4.26. The number of aryl methyl sites for hydroxylation is 1. The van der Waals surface area contributed by atoms with Crippen LogP contribution in [0.25, 0.3) is 22.2 Å². The Kier molecular flexibility index (Phi) is 5.67. The normalized spacial score (nSPS) is 17.0. The molecule has 5 rings (SSSR count). The molecule has 1 aromatic carbocycles. The summed E-state index contributed by atoms with van der Waals surface area (Å²) in [6.45, 7) is 2.82. The number of fused-ring (bicyclic) bond motifs is 2. The fraction of sp³-hybridized carbons (Fsp3) is 0.269. The zero-order valence-electron chi connectivity index (χ0n) is 19.7. The molecule has 0 saturated carbocycles. The van der Waals surface area contributed by atoms with E-state index < -0.39 is 5.41 Å². The molecular weight excluding hydrogens is 444 g/mol. The maximum atomic E-state index is 12.9. The van der Waals surface area contributed by atoms with Crippen LogP contribution in [0.1, 0.15) is 34.1 Å². The summed E-state index contributed by atoms with van der Waals surface area (Å²) in [4.78, 5) is 22.1. The summed E-state index contributed by atoms with van der Waals surface area (Å²) < 4.78 is 12.6. The van der Waals surface area contributed by atoms with Crippen molar-refractivity contribution in [1.82, 2.24) is 25.1 Å². The Morgan fingerprint density at radius 3 is 2.97 bits per heavy atom. The summed E-state index contributed by atoms with van der Waals surface area (Å²) in [5.41, 5.74) is 4.47. The van der Waals surface area contributed by atoms with Crippen molar-refractivity contribution in [1.29, 1.82) is 5.26 Å². The van der Waals surface area contributed by atoms with Crippen molar-refractivity contribution in [3.05, 3.63) is 71.2 Å². The molecule has 0 saturated heterocycles. The average Bonchev–Trinajstić information content (AvgIpc) is 3.27. The minimum absolute atomic E-state index is 0.233. The number of carbonyl (C=O) groups excluding carboxylic acids is 1. The van der Waals surface area contributed by atoms with Crippen molar-refractivity contribution in [2.24, 2.45) is 7.05 Å². The molecule has 0 unspecified atom stereocenters. The molecule has 1 atom stereocenters. The van der Waals surface area contributed by atoms with Gasteiger partial charge >= 0.3 is 0 Å². The molecule has 3 aromatic heterocycles. The molecule has 4 aromatic rings. The number of nitrogens with zero attached hydrogens (tertiary/aromatic N) is 5. The summed E-state index contributed by atoms with van der Waals surface area (Å²) in [6.07, 6.45) is 3.60. The van der Waals surface area contributed by atoms with Crippen LogP contribution in [0.3, 0.4) is 0 Å². The van der Waals surface area contributed by atoms with E-state index in [9.17, 15) is 10.1 Å². The number of rotatable bonds is 5. The molecule has 4 heterocycles. The lowest BCUT2D eigenvalue weighted by molar-refractivity contribution is 0.0757. The highest BCUT2D eigenvalue weighted by molar-refractivity contribution is 5.94. The van der Waals surface area contributed by atoms with E-state index in [1.54, 1.807) is 30.1 Å². The molecule has 1 amide bonds. The second kappa shape index (κ2) is 8.81. The number of aromatic nitrogens is 4. The summed E-state index contributed by atoms with van der Waals surface area (Å²) in [6, 6.07) is 13.4. The third-order valence-corrected chi connectivity index (χ3v) is 6.19. The van der Waals surface area contributed by atoms with E-state index in [0.29, 0.717) is 30.4 Å². The van der Waals surface area contributed by atoms with Gasteiger partial charge in [0.05, 0.1) is 55.4 Å². The van der Waals surface area contributed by atoms with Crippen LogP contribution in [0.2, 0.25) is 0 Å². The van der Waals surface area contributed by atoms with Crippen LogP contribution >= 0.6 is 0 Å². The second-order valence-electron chi connectivity index (χ2n) is 8.78. The molecule has 0 bridgehead atoms. The van der Waals surface area contributed by atoms with E-state index >= 15 is 0 Å². The van der Waals surface area contributed by atoms with Gasteiger partial charge in [-0.15, -0.1) is 5.10 Å². The van der Waals surface area contributed by atoms with E-state index in [0.717, 1.165) is 33.3 Å². The fourth-order valence-corrected chi connectivity index (χ4v) is 4.26. The van der Waals surface area contributed by atoms with Crippen LogP contribution in [-0.2, 0) is 30.4 Å². The van der Waals surface area contributed by atoms with Crippen molar-refractivity contribution in [3.8, 4) is 23.2 Å². The number of carbonyl (C=O) groups is 1. The Balaban J connectivity index is 1.36. The van der Waals surface area contributed by atoms with Gasteiger partial charge in [-0.05, 0) is 48.4 Å². The number of methoxy groups -OCH3 is 1. The minimum Gasteiger partial charge on any atom is -0.479 e. The number of hydrogen-bond acceptors (Lipinski definition) is 7. The summed E-state index contributed by atoms with van der Waals surface area (Å²) >= 11 is 0. The maximum Gasteiger partial charge on any atom is 0.251 e. The van der Waals surface area contributed by atoms with Crippen LogP contribution in [0.4, 0.5) is 0 Å². The third kappa shape index (κ3) is 4.20. The van der Waals surface area contributed by atoms with Gasteiger partial charge in [0.1, 0.15) is 5.41 Å². The van der Waals surface area contributed by atoms with Crippen LogP contribution in [0.5, 0.6) is 5.88 Å². The first-order valence-electron chi connectivity index (χ1n) is 11.1. The molecule has 1 aliphatic rings. The van der Waals surface area contributed by atoms with Crippen molar-refractivity contribution in [2.75, 3.05) is 13.7 Å². The van der Waals surface area contributed by atoms with Crippen LogP contribution < -0.4 is 10.1 Å². The molecule has 176 valence electrons. The van der Waals surface area contributed by atoms with E-state index in [2.05, 4.69) is 21.5 Å². The molecule has 9 nitrogen and oxygen atoms in total. The number of nitrogens with one attached hydrogen (secondary N) is 1. The van der Waals surface area contributed by atoms with E-state index in [4.69, 9.17) is 14.5 Å². The van der Waals surface area contributed by atoms with Gasteiger partial charge in [0.15, 0.2) is 0 Å². The van der Waals surface area contributed by atoms with Crippen molar-refractivity contribution >= 4 is 16.8 Å².